The molecular formula is C16H24N4O8S2. The summed E-state index contributed by atoms with van der Waals surface area (Å²) in [6.45, 7) is 0. The largest absolute Gasteiger partial charge is 0.296 e. The van der Waals surface area contributed by atoms with Crippen LogP contribution < -0.4 is 21.3 Å². The van der Waals surface area contributed by atoms with Gasteiger partial charge in [0.15, 0.2) is 0 Å². The first-order chi connectivity index (χ1) is 13.2. The van der Waals surface area contributed by atoms with Gasteiger partial charge in [0.2, 0.25) is 47.3 Å². The fourth-order valence-corrected chi connectivity index (χ4v) is 2.03. The molecule has 0 aliphatic carbocycles. The number of imide groups is 4. The highest BCUT2D eigenvalue weighted by atomic mass is 32.1. The number of amides is 8. The lowest BCUT2D eigenvalue weighted by Crippen LogP contribution is -2.18. The Kier molecular flexibility index (Phi) is 14.9. The van der Waals surface area contributed by atoms with Gasteiger partial charge in [-0.1, -0.05) is 0 Å². The molecule has 0 atom stereocenters. The first kappa shape index (κ1) is 29.5. The molecule has 14 heteroatoms. The van der Waals surface area contributed by atoms with E-state index in [-0.39, 0.29) is 74.2 Å². The predicted octanol–water partition coefficient (Wildman–Crippen LogP) is -2.08. The number of rotatable bonds is 0. The molecular weight excluding hydrogens is 440 g/mol. The Morgan fingerprint density at radius 1 is 0.300 bits per heavy atom. The third-order valence-corrected chi connectivity index (χ3v) is 3.43. The molecule has 4 aliphatic rings. The van der Waals surface area contributed by atoms with E-state index in [2.05, 4.69) is 21.3 Å². The maximum absolute atomic E-state index is 10.1. The molecule has 0 bridgehead atoms. The van der Waals surface area contributed by atoms with Gasteiger partial charge in [0.1, 0.15) is 0 Å². The van der Waals surface area contributed by atoms with Crippen molar-refractivity contribution in [3.63, 3.8) is 0 Å². The lowest BCUT2D eigenvalue weighted by atomic mass is 10.4. The van der Waals surface area contributed by atoms with E-state index in [1.165, 1.54) is 0 Å². The minimum atomic E-state index is -0.148. The van der Waals surface area contributed by atoms with Crippen molar-refractivity contribution in [2.75, 3.05) is 0 Å². The number of nitrogens with one attached hydrogen (secondary N) is 4. The Bertz CT molecular complexity index is 550. The van der Waals surface area contributed by atoms with Crippen LogP contribution in [0.3, 0.4) is 0 Å². The number of carbonyl (C=O) groups excluding carboxylic acids is 8. The molecule has 0 aromatic carbocycles. The molecule has 4 rings (SSSR count). The smallest absolute Gasteiger partial charge is 0.227 e. The van der Waals surface area contributed by atoms with Gasteiger partial charge in [0.25, 0.3) is 0 Å². The molecule has 4 aliphatic heterocycles. The van der Waals surface area contributed by atoms with E-state index in [1.54, 1.807) is 0 Å². The van der Waals surface area contributed by atoms with Crippen LogP contribution in [0.1, 0.15) is 51.4 Å². The first-order valence-electron chi connectivity index (χ1n) is 8.46. The van der Waals surface area contributed by atoms with Gasteiger partial charge in [0.05, 0.1) is 0 Å². The van der Waals surface area contributed by atoms with E-state index >= 15 is 0 Å². The highest BCUT2D eigenvalue weighted by Crippen LogP contribution is 1.97. The monoisotopic (exact) mass is 464 g/mol. The summed E-state index contributed by atoms with van der Waals surface area (Å²) in [6, 6.07) is 0. The number of carbonyl (C=O) groups is 8. The van der Waals surface area contributed by atoms with Crippen molar-refractivity contribution in [3.05, 3.63) is 0 Å². The van der Waals surface area contributed by atoms with E-state index in [4.69, 9.17) is 0 Å². The Labute approximate surface area is 185 Å². The van der Waals surface area contributed by atoms with Crippen LogP contribution in [0, 0.1) is 0 Å². The van der Waals surface area contributed by atoms with E-state index in [1.807, 2.05) is 0 Å². The normalized spacial score (nSPS) is 18.7. The average Bonchev–Trinajstić information content (AvgIpc) is 3.37. The van der Waals surface area contributed by atoms with Crippen molar-refractivity contribution in [1.82, 2.24) is 21.3 Å². The van der Waals surface area contributed by atoms with Crippen LogP contribution in [-0.2, 0) is 38.4 Å². The average molecular weight is 465 g/mol. The van der Waals surface area contributed by atoms with Gasteiger partial charge < -0.3 is 0 Å². The molecule has 0 spiro atoms. The lowest BCUT2D eigenvalue weighted by Gasteiger charge is -1.79. The van der Waals surface area contributed by atoms with Gasteiger partial charge in [-0.25, -0.2) is 0 Å². The molecule has 8 amide bonds. The van der Waals surface area contributed by atoms with Gasteiger partial charge in [-0.3, -0.25) is 59.6 Å². The molecule has 4 N–H and O–H groups in total. The molecule has 0 aromatic heterocycles. The zero-order valence-corrected chi connectivity index (χ0v) is 17.9. The van der Waals surface area contributed by atoms with Crippen LogP contribution in [0.25, 0.3) is 0 Å². The van der Waals surface area contributed by atoms with Crippen LogP contribution in [0.4, 0.5) is 0 Å². The van der Waals surface area contributed by atoms with Crippen LogP contribution in [0.2, 0.25) is 0 Å². The van der Waals surface area contributed by atoms with Gasteiger partial charge >= 0.3 is 0 Å². The highest BCUT2D eigenvalue weighted by molar-refractivity contribution is 7.59. The highest BCUT2D eigenvalue weighted by Gasteiger charge is 2.17. The quantitative estimate of drug-likeness (QED) is 0.294. The van der Waals surface area contributed by atoms with Gasteiger partial charge in [-0.2, -0.15) is 27.0 Å². The third kappa shape index (κ3) is 13.4. The Balaban J connectivity index is 0. The molecule has 0 radical (unpaired) electrons. The molecule has 4 fully saturated rings. The van der Waals surface area contributed by atoms with Crippen LogP contribution in [0.15, 0.2) is 0 Å². The molecule has 12 nitrogen and oxygen atoms in total. The second kappa shape index (κ2) is 15.1. The molecule has 4 saturated heterocycles. The van der Waals surface area contributed by atoms with Gasteiger partial charge in [-0.05, 0) is 0 Å². The first-order valence-corrected chi connectivity index (χ1v) is 8.46. The molecule has 30 heavy (non-hydrogen) atoms. The van der Waals surface area contributed by atoms with Crippen molar-refractivity contribution < 1.29 is 38.4 Å². The maximum atomic E-state index is 10.1. The summed E-state index contributed by atoms with van der Waals surface area (Å²) < 4.78 is 0. The molecule has 0 unspecified atom stereocenters. The number of hydrogen-bond acceptors (Lipinski definition) is 8. The Morgan fingerprint density at radius 3 is 0.433 bits per heavy atom. The van der Waals surface area contributed by atoms with E-state index in [9.17, 15) is 38.4 Å². The summed E-state index contributed by atoms with van der Waals surface area (Å²) in [6.07, 6.45) is 2.99. The Morgan fingerprint density at radius 2 is 0.400 bits per heavy atom. The van der Waals surface area contributed by atoms with Crippen LogP contribution in [-0.4, -0.2) is 47.3 Å². The summed E-state index contributed by atoms with van der Waals surface area (Å²) in [4.78, 5) is 81.0. The van der Waals surface area contributed by atoms with Crippen molar-refractivity contribution in [3.8, 4) is 0 Å². The van der Waals surface area contributed by atoms with Crippen LogP contribution in [0.5, 0.6) is 0 Å². The van der Waals surface area contributed by atoms with Crippen molar-refractivity contribution in [2.24, 2.45) is 0 Å². The zero-order valence-electron chi connectivity index (χ0n) is 15.9. The summed E-state index contributed by atoms with van der Waals surface area (Å²) in [5.74, 6) is -1.19. The third-order valence-electron chi connectivity index (χ3n) is 3.43. The van der Waals surface area contributed by atoms with Gasteiger partial charge in [0, 0.05) is 51.4 Å². The van der Waals surface area contributed by atoms with E-state index < -0.39 is 0 Å². The minimum Gasteiger partial charge on any atom is -0.296 e. The zero-order chi connectivity index (χ0) is 21.1. The topological polar surface area (TPSA) is 185 Å². The molecule has 168 valence electrons. The standard InChI is InChI=1S/4C4H5NO2.2H2S/c4*6-3-1-2-4(7)5-3;;/h4*1-2H2,(H,5,6,7);2*1H2. The maximum Gasteiger partial charge on any atom is 0.227 e. The Hall–Kier alpha value is -2.74. The molecule has 4 heterocycles. The molecule has 0 aromatic rings. The summed E-state index contributed by atoms with van der Waals surface area (Å²) in [5.41, 5.74) is 0. The summed E-state index contributed by atoms with van der Waals surface area (Å²) in [5, 5.41) is 8.56. The minimum absolute atomic E-state index is 0. The number of hydrogen-bond donors (Lipinski definition) is 4. The predicted molar refractivity (Wildman–Crippen MR) is 110 cm³/mol. The van der Waals surface area contributed by atoms with Crippen molar-refractivity contribution in [2.45, 2.75) is 51.4 Å². The van der Waals surface area contributed by atoms with Crippen LogP contribution >= 0.6 is 27.0 Å². The molecule has 0 saturated carbocycles. The fourth-order valence-electron chi connectivity index (χ4n) is 2.03. The summed E-state index contributed by atoms with van der Waals surface area (Å²) in [7, 11) is 0. The van der Waals surface area contributed by atoms with Crippen molar-refractivity contribution in [1.29, 1.82) is 0 Å². The fraction of sp³-hybridized carbons (Fsp3) is 0.500. The summed E-state index contributed by atoms with van der Waals surface area (Å²) >= 11 is 0. The van der Waals surface area contributed by atoms with E-state index in [0.717, 1.165) is 0 Å². The van der Waals surface area contributed by atoms with E-state index in [0.29, 0.717) is 51.4 Å². The SMILES string of the molecule is O=C1CCC(=O)N1.O=C1CCC(=O)N1.O=C1CCC(=O)N1.O=C1CCC(=O)N1.S.S. The lowest BCUT2D eigenvalue weighted by molar-refractivity contribution is -0.126. The van der Waals surface area contributed by atoms with Crippen molar-refractivity contribution >= 4 is 74.2 Å². The second-order valence-electron chi connectivity index (χ2n) is 5.89. The van der Waals surface area contributed by atoms with Gasteiger partial charge in [-0.15, -0.1) is 0 Å². The second-order valence-corrected chi connectivity index (χ2v) is 5.89.